The molecule has 0 unspecified atom stereocenters. The van der Waals surface area contributed by atoms with Gasteiger partial charge < -0.3 is 9.47 Å². The van der Waals surface area contributed by atoms with Gasteiger partial charge in [-0.1, -0.05) is 36.4 Å². The van der Waals surface area contributed by atoms with Gasteiger partial charge in [-0.05, 0) is 12.0 Å². The van der Waals surface area contributed by atoms with Gasteiger partial charge in [-0.15, -0.1) is 0 Å². The van der Waals surface area contributed by atoms with E-state index in [0.717, 1.165) is 5.56 Å². The first-order chi connectivity index (χ1) is 11.8. The maximum atomic E-state index is 11.8. The van der Waals surface area contributed by atoms with Crippen molar-refractivity contribution >= 4 is 12.1 Å². The van der Waals surface area contributed by atoms with Crippen LogP contribution in [0.15, 0.2) is 42.1 Å². The normalized spacial score (nSPS) is 11.6. The maximum absolute atomic E-state index is 11.8. The van der Waals surface area contributed by atoms with Crippen molar-refractivity contribution in [1.29, 1.82) is 0 Å². The first-order valence-corrected chi connectivity index (χ1v) is 7.67. The molecule has 1 N–H and O–H groups in total. The van der Waals surface area contributed by atoms with Gasteiger partial charge in [-0.2, -0.15) is 0 Å². The summed E-state index contributed by atoms with van der Waals surface area (Å²) in [5.74, 6) is -0.754. The van der Waals surface area contributed by atoms with E-state index in [1.807, 2.05) is 18.2 Å². The summed E-state index contributed by atoms with van der Waals surface area (Å²) in [5.41, 5.74) is -0.445. The number of esters is 1. The third kappa shape index (κ3) is 7.03. The van der Waals surface area contributed by atoms with Crippen LogP contribution in [-0.4, -0.2) is 29.6 Å². The smallest absolute Gasteiger partial charge is 0.412 e. The topological polar surface area (TPSA) is 108 Å². The van der Waals surface area contributed by atoms with Gasteiger partial charge in [0.15, 0.2) is 0 Å². The highest BCUT2D eigenvalue weighted by Gasteiger charge is 2.29. The molecule has 0 saturated carbocycles. The van der Waals surface area contributed by atoms with Crippen molar-refractivity contribution in [1.82, 2.24) is 5.32 Å². The van der Waals surface area contributed by atoms with Gasteiger partial charge in [0, 0.05) is 25.2 Å². The first kappa shape index (κ1) is 20.1. The molecule has 8 nitrogen and oxygen atoms in total. The van der Waals surface area contributed by atoms with E-state index in [1.54, 1.807) is 12.1 Å². The second kappa shape index (κ2) is 9.41. The van der Waals surface area contributed by atoms with Crippen molar-refractivity contribution in [2.24, 2.45) is 0 Å². The molecule has 1 aromatic carbocycles. The number of ether oxygens (including phenoxy) is 2. The molecule has 0 aliphatic carbocycles. The summed E-state index contributed by atoms with van der Waals surface area (Å²) in [6, 6.07) is 9.06. The first-order valence-electron chi connectivity index (χ1n) is 7.67. The van der Waals surface area contributed by atoms with E-state index in [4.69, 9.17) is 4.74 Å². The monoisotopic (exact) mass is 350 g/mol. The summed E-state index contributed by atoms with van der Waals surface area (Å²) >= 11 is 0. The highest BCUT2D eigenvalue weighted by atomic mass is 16.6. The lowest BCUT2D eigenvalue weighted by Gasteiger charge is -2.14. The zero-order chi connectivity index (χ0) is 18.9. The fourth-order valence-corrected chi connectivity index (χ4v) is 1.83. The lowest BCUT2D eigenvalue weighted by molar-refractivity contribution is -0.561. The second-order valence-electron chi connectivity index (χ2n) is 5.90. The van der Waals surface area contributed by atoms with Crippen LogP contribution in [-0.2, 0) is 20.9 Å². The molecule has 0 aromatic heterocycles. The fraction of sp³-hybridized carbons (Fsp3) is 0.412. The molecule has 0 aliphatic rings. The van der Waals surface area contributed by atoms with E-state index in [9.17, 15) is 19.7 Å². The van der Waals surface area contributed by atoms with Crippen LogP contribution in [0.1, 0.15) is 32.3 Å². The molecule has 0 bridgehead atoms. The zero-order valence-corrected chi connectivity index (χ0v) is 14.5. The van der Waals surface area contributed by atoms with Crippen LogP contribution < -0.4 is 5.32 Å². The molecule has 0 radical (unpaired) electrons. The van der Waals surface area contributed by atoms with Gasteiger partial charge in [0.05, 0.1) is 7.11 Å². The molecule has 8 heteroatoms. The Kier molecular flexibility index (Phi) is 7.58. The minimum absolute atomic E-state index is 0.0511. The Morgan fingerprint density at radius 3 is 2.48 bits per heavy atom. The number of methoxy groups -OCH3 is 1. The number of nitro groups is 1. The number of amides is 1. The molecule has 0 fully saturated rings. The molecule has 1 rings (SSSR count). The molecular formula is C17H22N2O6. The number of carbonyl (C=O) groups excluding carboxylic acids is 2. The van der Waals surface area contributed by atoms with Crippen LogP contribution in [0.3, 0.4) is 0 Å². The third-order valence-corrected chi connectivity index (χ3v) is 3.45. The lowest BCUT2D eigenvalue weighted by Crippen LogP contribution is -2.31. The summed E-state index contributed by atoms with van der Waals surface area (Å²) in [4.78, 5) is 34.0. The van der Waals surface area contributed by atoms with Crippen molar-refractivity contribution in [2.45, 2.75) is 38.8 Å². The summed E-state index contributed by atoms with van der Waals surface area (Å²) in [6.45, 7) is 3.02. The SMILES string of the molecule is COC(=O)C(=CCCC(C)(C)[N+](=O)[O-])NC(=O)OCc1ccccc1. The molecular weight excluding hydrogens is 328 g/mol. The molecule has 25 heavy (non-hydrogen) atoms. The van der Waals surface area contributed by atoms with Crippen LogP contribution in [0.5, 0.6) is 0 Å². The number of benzene rings is 1. The molecule has 1 aromatic rings. The minimum atomic E-state index is -1.13. The van der Waals surface area contributed by atoms with Crippen LogP contribution in [0.4, 0.5) is 4.79 Å². The lowest BCUT2D eigenvalue weighted by atomic mass is 9.99. The van der Waals surface area contributed by atoms with E-state index in [-0.39, 0.29) is 30.1 Å². The summed E-state index contributed by atoms with van der Waals surface area (Å²) in [6.07, 6.45) is 0.994. The molecule has 0 saturated heterocycles. The number of carbonyl (C=O) groups is 2. The van der Waals surface area contributed by atoms with E-state index in [1.165, 1.54) is 27.0 Å². The standard InChI is InChI=1S/C17H22N2O6/c1-17(2,19(22)23)11-7-10-14(15(20)24-3)18-16(21)25-12-13-8-5-4-6-9-13/h4-6,8-10H,7,11-12H2,1-3H3,(H,18,21). The van der Waals surface area contributed by atoms with Gasteiger partial charge in [-0.25, -0.2) is 9.59 Å². The van der Waals surface area contributed by atoms with Gasteiger partial charge >= 0.3 is 12.1 Å². The van der Waals surface area contributed by atoms with Gasteiger partial charge in [0.2, 0.25) is 5.54 Å². The van der Waals surface area contributed by atoms with E-state index < -0.39 is 17.6 Å². The Labute approximate surface area is 146 Å². The van der Waals surface area contributed by atoms with Crippen molar-refractivity contribution in [3.63, 3.8) is 0 Å². The third-order valence-electron chi connectivity index (χ3n) is 3.45. The Morgan fingerprint density at radius 1 is 1.28 bits per heavy atom. The van der Waals surface area contributed by atoms with Crippen molar-refractivity contribution in [2.75, 3.05) is 7.11 Å². The molecule has 0 spiro atoms. The highest BCUT2D eigenvalue weighted by molar-refractivity contribution is 5.92. The summed E-state index contributed by atoms with van der Waals surface area (Å²) in [5, 5.41) is 13.2. The quantitative estimate of drug-likeness (QED) is 0.334. The van der Waals surface area contributed by atoms with Crippen LogP contribution >= 0.6 is 0 Å². The molecule has 0 aliphatic heterocycles. The number of alkyl carbamates (subject to hydrolysis) is 1. The number of hydrogen-bond donors (Lipinski definition) is 1. The van der Waals surface area contributed by atoms with Crippen molar-refractivity contribution in [3.05, 3.63) is 57.8 Å². The number of hydrogen-bond acceptors (Lipinski definition) is 6. The van der Waals surface area contributed by atoms with Crippen LogP contribution in [0.2, 0.25) is 0 Å². The highest BCUT2D eigenvalue weighted by Crippen LogP contribution is 2.16. The number of nitrogens with zero attached hydrogens (tertiary/aromatic N) is 1. The average molecular weight is 350 g/mol. The summed E-state index contributed by atoms with van der Waals surface area (Å²) in [7, 11) is 1.17. The molecule has 136 valence electrons. The van der Waals surface area contributed by atoms with Gasteiger partial charge in [-0.3, -0.25) is 15.4 Å². The van der Waals surface area contributed by atoms with Gasteiger partial charge in [0.25, 0.3) is 0 Å². The van der Waals surface area contributed by atoms with Crippen molar-refractivity contribution < 1.29 is 24.0 Å². The Morgan fingerprint density at radius 2 is 1.92 bits per heavy atom. The molecule has 0 heterocycles. The Balaban J connectivity index is 2.63. The van der Waals surface area contributed by atoms with E-state index in [0.29, 0.717) is 0 Å². The van der Waals surface area contributed by atoms with Gasteiger partial charge in [0.1, 0.15) is 12.3 Å². The minimum Gasteiger partial charge on any atom is -0.464 e. The van der Waals surface area contributed by atoms with Crippen molar-refractivity contribution in [3.8, 4) is 0 Å². The van der Waals surface area contributed by atoms with Crippen LogP contribution in [0, 0.1) is 10.1 Å². The number of allylic oxidation sites excluding steroid dienone is 1. The average Bonchev–Trinajstić information content (AvgIpc) is 2.59. The van der Waals surface area contributed by atoms with Crippen LogP contribution in [0.25, 0.3) is 0 Å². The zero-order valence-electron chi connectivity index (χ0n) is 14.5. The maximum Gasteiger partial charge on any atom is 0.412 e. The number of nitrogens with one attached hydrogen (secondary N) is 1. The van der Waals surface area contributed by atoms with E-state index >= 15 is 0 Å². The predicted octanol–water partition coefficient (Wildman–Crippen LogP) is 2.81. The molecule has 1 amide bonds. The second-order valence-corrected chi connectivity index (χ2v) is 5.90. The fourth-order valence-electron chi connectivity index (χ4n) is 1.83. The Hall–Kier alpha value is -2.90. The van der Waals surface area contributed by atoms with E-state index in [2.05, 4.69) is 10.1 Å². The molecule has 0 atom stereocenters. The predicted molar refractivity (Wildman–Crippen MR) is 90.2 cm³/mol. The largest absolute Gasteiger partial charge is 0.464 e. The number of rotatable bonds is 8. The Bertz CT molecular complexity index is 640. The summed E-state index contributed by atoms with van der Waals surface area (Å²) < 4.78 is 9.63.